The van der Waals surface area contributed by atoms with Crippen LogP contribution in [0.25, 0.3) is 0 Å². The topological polar surface area (TPSA) is 114 Å². The zero-order valence-electron chi connectivity index (χ0n) is 15.3. The van der Waals surface area contributed by atoms with Crippen molar-refractivity contribution in [1.29, 1.82) is 0 Å². The molecule has 0 aliphatic heterocycles. The second-order valence-electron chi connectivity index (χ2n) is 5.22. The fraction of sp³-hybridized carbons (Fsp3) is 0.278. The molecule has 0 saturated heterocycles. The van der Waals surface area contributed by atoms with E-state index >= 15 is 0 Å². The van der Waals surface area contributed by atoms with E-state index in [4.69, 9.17) is 9.47 Å². The maximum atomic E-state index is 12.2. The molecule has 1 rings (SSSR count). The molecule has 0 atom stereocenters. The van der Waals surface area contributed by atoms with E-state index in [9.17, 15) is 19.2 Å². The van der Waals surface area contributed by atoms with Gasteiger partial charge in [0.15, 0.2) is 5.70 Å². The summed E-state index contributed by atoms with van der Waals surface area (Å²) in [6, 6.07) is 8.19. The van der Waals surface area contributed by atoms with E-state index in [-0.39, 0.29) is 36.0 Å². The molecule has 0 spiro atoms. The van der Waals surface area contributed by atoms with E-state index < -0.39 is 11.9 Å². The van der Waals surface area contributed by atoms with Gasteiger partial charge in [-0.05, 0) is 26.0 Å². The lowest BCUT2D eigenvalue weighted by Crippen LogP contribution is -2.34. The predicted octanol–water partition coefficient (Wildman–Crippen LogP) is 0.871. The van der Waals surface area contributed by atoms with Crippen molar-refractivity contribution in [2.24, 2.45) is 4.99 Å². The first-order valence-corrected chi connectivity index (χ1v) is 8.01. The summed E-state index contributed by atoms with van der Waals surface area (Å²) in [4.78, 5) is 51.2. The Bertz CT molecular complexity index is 743. The molecule has 0 aliphatic carbocycles. The molecular weight excluding hydrogens is 354 g/mol. The Hall–Kier alpha value is -3.49. The van der Waals surface area contributed by atoms with E-state index in [1.807, 2.05) is 0 Å². The first-order chi connectivity index (χ1) is 12.9. The number of amides is 2. The number of likely N-dealkylation sites (N-methyl/N-ethyl adjacent to an activating group) is 1. The Morgan fingerprint density at radius 1 is 1.22 bits per heavy atom. The smallest absolute Gasteiger partial charge is 0.360 e. The van der Waals surface area contributed by atoms with Crippen LogP contribution in [0.4, 0.5) is 0 Å². The van der Waals surface area contributed by atoms with Crippen molar-refractivity contribution in [3.63, 3.8) is 0 Å². The molecule has 1 aromatic rings. The standard InChI is InChI=1S/C18H21N3O6/c1-4-26-18(25)16(20-15(19-11-22)10-21(3)12-23)13(2)27-17(24)14-8-6-5-7-9-14/h5-9,11-12H,4,10H2,1-3H3,(H,19,20,22)/b16-13+. The number of nitrogens with zero attached hydrogens (tertiary/aromatic N) is 2. The Labute approximate surface area is 156 Å². The van der Waals surface area contributed by atoms with Crippen LogP contribution < -0.4 is 5.32 Å². The minimum Gasteiger partial charge on any atom is -0.461 e. The van der Waals surface area contributed by atoms with Gasteiger partial charge >= 0.3 is 11.9 Å². The van der Waals surface area contributed by atoms with Gasteiger partial charge in [0.1, 0.15) is 11.6 Å². The number of carbonyl (C=O) groups excluding carboxylic acids is 4. The summed E-state index contributed by atoms with van der Waals surface area (Å²) >= 11 is 0. The summed E-state index contributed by atoms with van der Waals surface area (Å²) < 4.78 is 10.1. The van der Waals surface area contributed by atoms with Gasteiger partial charge < -0.3 is 19.7 Å². The molecule has 9 nitrogen and oxygen atoms in total. The number of aliphatic imine (C=N–C) groups is 1. The van der Waals surface area contributed by atoms with Crippen molar-refractivity contribution in [3.8, 4) is 0 Å². The van der Waals surface area contributed by atoms with Gasteiger partial charge in [0, 0.05) is 7.05 Å². The maximum Gasteiger partial charge on any atom is 0.360 e. The lowest BCUT2D eigenvalue weighted by molar-refractivity contribution is -0.138. The second kappa shape index (κ2) is 11.2. The summed E-state index contributed by atoms with van der Waals surface area (Å²) in [6.07, 6.45) is 0.879. The van der Waals surface area contributed by atoms with Crippen LogP contribution in [0, 0.1) is 0 Å². The van der Waals surface area contributed by atoms with Gasteiger partial charge in [0.2, 0.25) is 12.8 Å². The van der Waals surface area contributed by atoms with Gasteiger partial charge in [-0.1, -0.05) is 18.2 Å². The summed E-state index contributed by atoms with van der Waals surface area (Å²) in [5.74, 6) is -1.63. The van der Waals surface area contributed by atoms with Gasteiger partial charge in [-0.25, -0.2) is 14.6 Å². The van der Waals surface area contributed by atoms with Crippen LogP contribution in [0.2, 0.25) is 0 Å². The molecule has 0 heterocycles. The van der Waals surface area contributed by atoms with Crippen LogP contribution >= 0.6 is 0 Å². The summed E-state index contributed by atoms with van der Waals surface area (Å²) in [5.41, 5.74) is -0.0132. The quantitative estimate of drug-likeness (QED) is 0.171. The Morgan fingerprint density at radius 2 is 1.89 bits per heavy atom. The van der Waals surface area contributed by atoms with Crippen molar-refractivity contribution >= 4 is 30.6 Å². The molecule has 9 heteroatoms. The number of hydrogen-bond donors (Lipinski definition) is 1. The van der Waals surface area contributed by atoms with Crippen LogP contribution in [-0.2, 0) is 23.9 Å². The van der Waals surface area contributed by atoms with Crippen molar-refractivity contribution in [1.82, 2.24) is 10.2 Å². The maximum absolute atomic E-state index is 12.2. The number of amidine groups is 1. The number of esters is 2. The highest BCUT2D eigenvalue weighted by Gasteiger charge is 2.19. The largest absolute Gasteiger partial charge is 0.461 e. The Kier molecular flexibility index (Phi) is 8.93. The average Bonchev–Trinajstić information content (AvgIpc) is 2.66. The molecule has 2 amide bonds. The van der Waals surface area contributed by atoms with E-state index in [1.54, 1.807) is 37.3 Å². The molecule has 1 N–H and O–H groups in total. The molecule has 0 aromatic heterocycles. The van der Waals surface area contributed by atoms with Gasteiger partial charge in [0.25, 0.3) is 0 Å². The third kappa shape index (κ3) is 7.10. The third-order valence-electron chi connectivity index (χ3n) is 3.11. The minimum absolute atomic E-state index is 0.00207. The summed E-state index contributed by atoms with van der Waals surface area (Å²) in [5, 5.41) is 2.30. The summed E-state index contributed by atoms with van der Waals surface area (Å²) in [7, 11) is 1.46. The second-order valence-corrected chi connectivity index (χ2v) is 5.22. The van der Waals surface area contributed by atoms with Gasteiger partial charge in [-0.2, -0.15) is 0 Å². The molecule has 0 fully saturated rings. The number of nitrogens with one attached hydrogen (secondary N) is 1. The van der Waals surface area contributed by atoms with Crippen molar-refractivity contribution in [2.45, 2.75) is 13.8 Å². The molecule has 0 aliphatic rings. The molecule has 27 heavy (non-hydrogen) atoms. The number of ether oxygens (including phenoxy) is 2. The van der Waals surface area contributed by atoms with E-state index in [1.165, 1.54) is 18.9 Å². The lowest BCUT2D eigenvalue weighted by atomic mass is 10.2. The van der Waals surface area contributed by atoms with E-state index in [0.29, 0.717) is 12.8 Å². The van der Waals surface area contributed by atoms with Crippen LogP contribution in [0.5, 0.6) is 0 Å². The normalized spacial score (nSPS) is 11.7. The average molecular weight is 375 g/mol. The van der Waals surface area contributed by atoms with E-state index in [0.717, 1.165) is 0 Å². The van der Waals surface area contributed by atoms with E-state index in [2.05, 4.69) is 10.3 Å². The highest BCUT2D eigenvalue weighted by atomic mass is 16.5. The molecule has 144 valence electrons. The predicted molar refractivity (Wildman–Crippen MR) is 96.5 cm³/mol. The summed E-state index contributed by atoms with van der Waals surface area (Å²) in [6.45, 7) is 2.97. The fourth-order valence-electron chi connectivity index (χ4n) is 1.88. The first-order valence-electron chi connectivity index (χ1n) is 8.01. The molecule has 1 aromatic carbocycles. The van der Waals surface area contributed by atoms with Crippen molar-refractivity contribution in [2.75, 3.05) is 20.2 Å². The van der Waals surface area contributed by atoms with Crippen LogP contribution in [-0.4, -0.2) is 55.7 Å². The highest BCUT2D eigenvalue weighted by molar-refractivity contribution is 5.99. The minimum atomic E-state index is -0.838. The van der Waals surface area contributed by atoms with Gasteiger partial charge in [0.05, 0.1) is 18.7 Å². The van der Waals surface area contributed by atoms with Crippen LogP contribution in [0.3, 0.4) is 0 Å². The molecule has 0 unspecified atom stereocenters. The SMILES string of the molecule is CCOC(=O)/C(N=C(CN(C)C=O)NC=O)=C(/C)OC(=O)c1ccccc1. The van der Waals surface area contributed by atoms with Crippen molar-refractivity contribution < 1.29 is 28.7 Å². The highest BCUT2D eigenvalue weighted by Crippen LogP contribution is 2.13. The number of hydrogen-bond acceptors (Lipinski definition) is 7. The molecule has 0 saturated carbocycles. The number of carbonyl (C=O) groups is 4. The molecule has 0 radical (unpaired) electrons. The number of allylic oxidation sites excluding steroid dienone is 1. The fourth-order valence-corrected chi connectivity index (χ4v) is 1.88. The zero-order valence-corrected chi connectivity index (χ0v) is 15.3. The van der Waals surface area contributed by atoms with Crippen molar-refractivity contribution in [3.05, 3.63) is 47.4 Å². The van der Waals surface area contributed by atoms with Gasteiger partial charge in [-0.15, -0.1) is 0 Å². The monoisotopic (exact) mass is 375 g/mol. The van der Waals surface area contributed by atoms with Gasteiger partial charge in [-0.3, -0.25) is 9.59 Å². The number of benzene rings is 1. The Morgan fingerprint density at radius 3 is 2.44 bits per heavy atom. The third-order valence-corrected chi connectivity index (χ3v) is 3.11. The lowest BCUT2D eigenvalue weighted by Gasteiger charge is -2.14. The van der Waals surface area contributed by atoms with Crippen LogP contribution in [0.15, 0.2) is 46.8 Å². The molecular formula is C18H21N3O6. The Balaban J connectivity index is 3.23. The molecule has 0 bridgehead atoms. The number of rotatable bonds is 9. The van der Waals surface area contributed by atoms with Crippen LogP contribution in [0.1, 0.15) is 24.2 Å². The zero-order chi connectivity index (χ0) is 20.2. The first kappa shape index (κ1) is 21.6.